The van der Waals surface area contributed by atoms with E-state index in [1.54, 1.807) is 0 Å². The fraction of sp³-hybridized carbons (Fsp3) is 0.923. The van der Waals surface area contributed by atoms with E-state index in [9.17, 15) is 4.79 Å². The molecule has 2 fully saturated rings. The molecule has 2 aliphatic heterocycles. The van der Waals surface area contributed by atoms with Gasteiger partial charge in [0.05, 0.1) is 11.5 Å². The fourth-order valence-electron chi connectivity index (χ4n) is 2.77. The lowest BCUT2D eigenvalue weighted by molar-refractivity contribution is -0.141. The number of nitrogens with zero attached hydrogens (tertiary/aromatic N) is 1. The second-order valence-electron chi connectivity index (χ2n) is 5.47. The Kier molecular flexibility index (Phi) is 5.89. The lowest BCUT2D eigenvalue weighted by atomic mass is 9.88. The molecule has 2 unspecified atom stereocenters. The molecule has 0 spiro atoms. The van der Waals surface area contributed by atoms with Crippen molar-refractivity contribution in [2.24, 2.45) is 5.41 Å². The standard InChI is InChI=1S/C13H24N2O2.ClH/c1-3-15(9-11-5-4-8-17-11)12(16)13(2)6-7-14-10-13;/h11,14H,3-10H2,1-2H3;1H. The number of halogens is 1. The van der Waals surface area contributed by atoms with Crippen molar-refractivity contribution in [2.75, 3.05) is 32.8 Å². The summed E-state index contributed by atoms with van der Waals surface area (Å²) in [7, 11) is 0. The number of rotatable bonds is 4. The van der Waals surface area contributed by atoms with Gasteiger partial charge in [0.15, 0.2) is 0 Å². The number of hydrogen-bond donors (Lipinski definition) is 1. The molecule has 4 nitrogen and oxygen atoms in total. The fourth-order valence-corrected chi connectivity index (χ4v) is 2.77. The molecule has 106 valence electrons. The minimum atomic E-state index is -0.200. The molecular formula is C13H25ClN2O2. The third kappa shape index (κ3) is 3.37. The maximum atomic E-state index is 12.5. The molecule has 2 rings (SSSR count). The third-order valence-electron chi connectivity index (χ3n) is 4.00. The first kappa shape index (κ1) is 15.7. The number of nitrogens with one attached hydrogen (secondary N) is 1. The van der Waals surface area contributed by atoms with Gasteiger partial charge in [0, 0.05) is 26.2 Å². The third-order valence-corrected chi connectivity index (χ3v) is 4.00. The van der Waals surface area contributed by atoms with Crippen molar-refractivity contribution >= 4 is 18.3 Å². The minimum absolute atomic E-state index is 0. The Hall–Kier alpha value is -0.320. The second-order valence-corrected chi connectivity index (χ2v) is 5.47. The zero-order chi connectivity index (χ0) is 12.3. The number of ether oxygens (including phenoxy) is 1. The number of carbonyl (C=O) groups excluding carboxylic acids is 1. The predicted molar refractivity (Wildman–Crippen MR) is 74.1 cm³/mol. The zero-order valence-corrected chi connectivity index (χ0v) is 12.2. The highest BCUT2D eigenvalue weighted by Gasteiger charge is 2.39. The van der Waals surface area contributed by atoms with Gasteiger partial charge >= 0.3 is 0 Å². The molecule has 0 aromatic heterocycles. The van der Waals surface area contributed by atoms with Crippen LogP contribution in [0.4, 0.5) is 0 Å². The first-order valence-corrected chi connectivity index (χ1v) is 6.77. The average Bonchev–Trinajstić information content (AvgIpc) is 2.97. The Bertz CT molecular complexity index is 274. The predicted octanol–water partition coefficient (Wildman–Crippen LogP) is 1.44. The van der Waals surface area contributed by atoms with Crippen LogP contribution >= 0.6 is 12.4 Å². The molecule has 0 radical (unpaired) electrons. The highest BCUT2D eigenvalue weighted by atomic mass is 35.5. The highest BCUT2D eigenvalue weighted by molar-refractivity contribution is 5.85. The van der Waals surface area contributed by atoms with Gasteiger partial charge in [-0.15, -0.1) is 12.4 Å². The molecule has 2 atom stereocenters. The van der Waals surface area contributed by atoms with E-state index in [2.05, 4.69) is 19.2 Å². The molecule has 2 heterocycles. The van der Waals surface area contributed by atoms with Gasteiger partial charge < -0.3 is 15.0 Å². The van der Waals surface area contributed by atoms with Crippen molar-refractivity contribution in [2.45, 2.75) is 39.2 Å². The topological polar surface area (TPSA) is 41.6 Å². The van der Waals surface area contributed by atoms with Gasteiger partial charge in [0.1, 0.15) is 0 Å². The summed E-state index contributed by atoms with van der Waals surface area (Å²) in [5.41, 5.74) is -0.200. The van der Waals surface area contributed by atoms with Crippen molar-refractivity contribution in [1.29, 1.82) is 0 Å². The van der Waals surface area contributed by atoms with Crippen LogP contribution in [0.5, 0.6) is 0 Å². The summed E-state index contributed by atoms with van der Waals surface area (Å²) in [6.07, 6.45) is 3.44. The number of amides is 1. The maximum absolute atomic E-state index is 12.5. The van der Waals surface area contributed by atoms with Crippen molar-refractivity contribution in [3.63, 3.8) is 0 Å². The number of hydrogen-bond acceptors (Lipinski definition) is 3. The first-order valence-electron chi connectivity index (χ1n) is 6.77. The van der Waals surface area contributed by atoms with Crippen molar-refractivity contribution < 1.29 is 9.53 Å². The van der Waals surface area contributed by atoms with Gasteiger partial charge in [-0.2, -0.15) is 0 Å². The van der Waals surface area contributed by atoms with Gasteiger partial charge in [0.2, 0.25) is 5.91 Å². The van der Waals surface area contributed by atoms with E-state index in [4.69, 9.17) is 4.74 Å². The van der Waals surface area contributed by atoms with E-state index in [-0.39, 0.29) is 23.9 Å². The molecular weight excluding hydrogens is 252 g/mol. The summed E-state index contributed by atoms with van der Waals surface area (Å²) in [5.74, 6) is 0.292. The summed E-state index contributed by atoms with van der Waals surface area (Å²) in [6.45, 7) is 8.31. The zero-order valence-electron chi connectivity index (χ0n) is 11.4. The van der Waals surface area contributed by atoms with Crippen LogP contribution in [-0.2, 0) is 9.53 Å². The molecule has 0 aromatic carbocycles. The highest BCUT2D eigenvalue weighted by Crippen LogP contribution is 2.27. The molecule has 1 N–H and O–H groups in total. The average molecular weight is 277 g/mol. The van der Waals surface area contributed by atoms with E-state index >= 15 is 0 Å². The summed E-state index contributed by atoms with van der Waals surface area (Å²) >= 11 is 0. The summed E-state index contributed by atoms with van der Waals surface area (Å²) in [4.78, 5) is 14.5. The summed E-state index contributed by atoms with van der Waals surface area (Å²) < 4.78 is 5.62. The van der Waals surface area contributed by atoms with Crippen LogP contribution in [0, 0.1) is 5.41 Å². The molecule has 0 aromatic rings. The van der Waals surface area contributed by atoms with Gasteiger partial charge in [-0.05, 0) is 39.7 Å². The minimum Gasteiger partial charge on any atom is -0.376 e. The van der Waals surface area contributed by atoms with E-state index < -0.39 is 0 Å². The molecule has 5 heteroatoms. The van der Waals surface area contributed by atoms with Crippen LogP contribution in [0.25, 0.3) is 0 Å². The number of likely N-dealkylation sites (N-methyl/N-ethyl adjacent to an activating group) is 1. The van der Waals surface area contributed by atoms with Gasteiger partial charge in [-0.3, -0.25) is 4.79 Å². The number of carbonyl (C=O) groups is 1. The van der Waals surface area contributed by atoms with Crippen molar-refractivity contribution in [3.05, 3.63) is 0 Å². The van der Waals surface area contributed by atoms with E-state index in [1.165, 1.54) is 0 Å². The molecule has 1 amide bonds. The molecule has 0 saturated carbocycles. The Labute approximate surface area is 116 Å². The second kappa shape index (κ2) is 6.73. The lowest BCUT2D eigenvalue weighted by Gasteiger charge is -2.32. The van der Waals surface area contributed by atoms with Gasteiger partial charge in [0.25, 0.3) is 0 Å². The van der Waals surface area contributed by atoms with E-state index in [0.717, 1.165) is 52.0 Å². The Morgan fingerprint density at radius 2 is 2.33 bits per heavy atom. The normalized spacial score (nSPS) is 31.1. The largest absolute Gasteiger partial charge is 0.376 e. The molecule has 18 heavy (non-hydrogen) atoms. The summed E-state index contributed by atoms with van der Waals surface area (Å²) in [5, 5.41) is 3.29. The van der Waals surface area contributed by atoms with Gasteiger partial charge in [-0.25, -0.2) is 0 Å². The lowest BCUT2D eigenvalue weighted by Crippen LogP contribution is -2.46. The molecule has 0 aliphatic carbocycles. The SMILES string of the molecule is CCN(CC1CCCO1)C(=O)C1(C)CCNC1.Cl. The van der Waals surface area contributed by atoms with Crippen LogP contribution in [-0.4, -0.2) is 49.7 Å². The van der Waals surface area contributed by atoms with E-state index in [1.807, 2.05) is 4.90 Å². The van der Waals surface area contributed by atoms with Gasteiger partial charge in [-0.1, -0.05) is 0 Å². The van der Waals surface area contributed by atoms with Crippen LogP contribution in [0.1, 0.15) is 33.1 Å². The van der Waals surface area contributed by atoms with Crippen LogP contribution < -0.4 is 5.32 Å². The monoisotopic (exact) mass is 276 g/mol. The van der Waals surface area contributed by atoms with Crippen LogP contribution in [0.3, 0.4) is 0 Å². The Morgan fingerprint density at radius 1 is 1.56 bits per heavy atom. The van der Waals surface area contributed by atoms with E-state index in [0.29, 0.717) is 5.91 Å². The molecule has 0 bridgehead atoms. The maximum Gasteiger partial charge on any atom is 0.229 e. The quantitative estimate of drug-likeness (QED) is 0.845. The Balaban J connectivity index is 0.00000162. The Morgan fingerprint density at radius 3 is 2.83 bits per heavy atom. The smallest absolute Gasteiger partial charge is 0.229 e. The van der Waals surface area contributed by atoms with Crippen LogP contribution in [0.15, 0.2) is 0 Å². The summed E-state index contributed by atoms with van der Waals surface area (Å²) in [6, 6.07) is 0. The molecule has 2 aliphatic rings. The van der Waals surface area contributed by atoms with Crippen molar-refractivity contribution in [3.8, 4) is 0 Å². The molecule has 2 saturated heterocycles. The van der Waals surface area contributed by atoms with Crippen LogP contribution in [0.2, 0.25) is 0 Å². The first-order chi connectivity index (χ1) is 8.15. The van der Waals surface area contributed by atoms with Crippen molar-refractivity contribution in [1.82, 2.24) is 10.2 Å².